The van der Waals surface area contributed by atoms with Gasteiger partial charge in [-0.1, -0.05) is 0 Å². The highest BCUT2D eigenvalue weighted by molar-refractivity contribution is 7.99. The molecule has 0 unspecified atom stereocenters. The Hall–Kier alpha value is -0.710. The third-order valence-corrected chi connectivity index (χ3v) is 1.84. The minimum atomic E-state index is -0.770. The van der Waals surface area contributed by atoms with Crippen molar-refractivity contribution in [3.63, 3.8) is 0 Å². The van der Waals surface area contributed by atoms with Crippen LogP contribution in [0.2, 0.25) is 0 Å². The number of thioether (sulfide) groups is 1. The van der Waals surface area contributed by atoms with Gasteiger partial charge in [0.1, 0.15) is 12.4 Å². The first-order valence-electron chi connectivity index (χ1n) is 3.12. The number of carbonyl (C=O) groups is 2. The fourth-order valence-corrected chi connectivity index (χ4v) is 1.05. The van der Waals surface area contributed by atoms with E-state index in [4.69, 9.17) is 5.73 Å². The molecule has 0 aromatic rings. The van der Waals surface area contributed by atoms with Gasteiger partial charge in [0.15, 0.2) is 0 Å². The largest absolute Gasteiger partial charge is 0.449 e. The Balaban J connectivity index is 3.03. The van der Waals surface area contributed by atoms with Crippen LogP contribution in [0.25, 0.3) is 0 Å². The van der Waals surface area contributed by atoms with Crippen molar-refractivity contribution in [3.8, 4) is 0 Å². The lowest BCUT2D eigenvalue weighted by Crippen LogP contribution is -2.14. The molecule has 5 heteroatoms. The number of primary amides is 1. The Morgan fingerprint density at radius 3 is 2.64 bits per heavy atom. The van der Waals surface area contributed by atoms with E-state index in [0.29, 0.717) is 11.5 Å². The number of amides is 1. The minimum absolute atomic E-state index is 0.120. The normalized spacial score (nSPS) is 9.18. The van der Waals surface area contributed by atoms with E-state index in [1.54, 1.807) is 0 Å². The highest BCUT2D eigenvalue weighted by Crippen LogP contribution is 1.98. The molecule has 0 heterocycles. The molecule has 0 fully saturated rings. The van der Waals surface area contributed by atoms with E-state index in [2.05, 4.69) is 4.74 Å². The third-order valence-electron chi connectivity index (χ3n) is 0.777. The molecule has 0 radical (unpaired) electrons. The monoisotopic (exact) mass is 177 g/mol. The van der Waals surface area contributed by atoms with Crippen LogP contribution in [0.1, 0.15) is 6.92 Å². The van der Waals surface area contributed by atoms with E-state index in [0.717, 1.165) is 0 Å². The molecule has 0 rings (SSSR count). The van der Waals surface area contributed by atoms with Gasteiger partial charge in [-0.05, 0) is 6.92 Å². The number of hydrogen-bond acceptors (Lipinski definition) is 4. The summed E-state index contributed by atoms with van der Waals surface area (Å²) in [5.41, 5.74) is 4.70. The summed E-state index contributed by atoms with van der Waals surface area (Å²) in [5, 5.41) is 0. The zero-order chi connectivity index (χ0) is 8.69. The Morgan fingerprint density at radius 1 is 1.55 bits per heavy atom. The summed E-state index contributed by atoms with van der Waals surface area (Å²) in [5.74, 6) is 1.19. The minimum Gasteiger partial charge on any atom is -0.449 e. The Kier molecular flexibility index (Phi) is 5.64. The number of carbonyl (C=O) groups excluding carboxylic acids is 2. The number of ether oxygens (including phenoxy) is 1. The maximum absolute atomic E-state index is 10.4. The van der Waals surface area contributed by atoms with Gasteiger partial charge in [-0.15, -0.1) is 0 Å². The Morgan fingerprint density at radius 2 is 2.18 bits per heavy atom. The van der Waals surface area contributed by atoms with Gasteiger partial charge in [-0.3, -0.25) is 4.79 Å². The van der Waals surface area contributed by atoms with E-state index >= 15 is 0 Å². The third kappa shape index (κ3) is 9.29. The Bertz CT molecular complexity index is 133. The first kappa shape index (κ1) is 10.3. The predicted molar refractivity (Wildman–Crippen MR) is 43.5 cm³/mol. The highest BCUT2D eigenvalue weighted by Gasteiger charge is 1.95. The van der Waals surface area contributed by atoms with E-state index in [9.17, 15) is 9.59 Å². The van der Waals surface area contributed by atoms with Gasteiger partial charge in [0.05, 0.1) is 5.75 Å². The number of rotatable bonds is 5. The van der Waals surface area contributed by atoms with Crippen LogP contribution in [-0.2, 0) is 9.53 Å². The van der Waals surface area contributed by atoms with E-state index in [-0.39, 0.29) is 12.4 Å². The van der Waals surface area contributed by atoms with Gasteiger partial charge in [0.25, 0.3) is 0 Å². The zero-order valence-electron chi connectivity index (χ0n) is 6.33. The average Bonchev–Trinajstić information content (AvgIpc) is 1.85. The van der Waals surface area contributed by atoms with Gasteiger partial charge >= 0.3 is 6.09 Å². The molecule has 64 valence electrons. The number of Topliss-reactive ketones (excluding diaryl/α,β-unsaturated/α-hetero) is 1. The summed E-state index contributed by atoms with van der Waals surface area (Å²) in [6.07, 6.45) is -0.770. The lowest BCUT2D eigenvalue weighted by Gasteiger charge is -1.98. The first-order valence-corrected chi connectivity index (χ1v) is 4.28. The average molecular weight is 177 g/mol. The van der Waals surface area contributed by atoms with Crippen molar-refractivity contribution < 1.29 is 14.3 Å². The fraction of sp³-hybridized carbons (Fsp3) is 0.667. The van der Waals surface area contributed by atoms with E-state index in [1.165, 1.54) is 18.7 Å². The molecular weight excluding hydrogens is 166 g/mol. The number of nitrogens with two attached hydrogens (primary N) is 1. The molecule has 11 heavy (non-hydrogen) atoms. The van der Waals surface area contributed by atoms with E-state index in [1.807, 2.05) is 0 Å². The second kappa shape index (κ2) is 6.03. The summed E-state index contributed by atoms with van der Waals surface area (Å²) in [4.78, 5) is 20.4. The first-order chi connectivity index (χ1) is 5.13. The van der Waals surface area contributed by atoms with Crippen LogP contribution in [0.3, 0.4) is 0 Å². The number of ketones is 1. The molecule has 0 aromatic heterocycles. The van der Waals surface area contributed by atoms with Gasteiger partial charge in [-0.25, -0.2) is 4.79 Å². The summed E-state index contributed by atoms with van der Waals surface area (Å²) >= 11 is 1.42. The molecule has 1 amide bonds. The molecule has 0 aliphatic heterocycles. The molecule has 0 aromatic carbocycles. The zero-order valence-corrected chi connectivity index (χ0v) is 7.15. The quantitative estimate of drug-likeness (QED) is 0.617. The van der Waals surface area contributed by atoms with E-state index < -0.39 is 6.09 Å². The topological polar surface area (TPSA) is 69.4 Å². The van der Waals surface area contributed by atoms with Gasteiger partial charge < -0.3 is 10.5 Å². The van der Waals surface area contributed by atoms with Crippen LogP contribution in [-0.4, -0.2) is 30.0 Å². The van der Waals surface area contributed by atoms with Gasteiger partial charge in [0, 0.05) is 5.75 Å². The van der Waals surface area contributed by atoms with Gasteiger partial charge in [-0.2, -0.15) is 11.8 Å². The van der Waals surface area contributed by atoms with Crippen LogP contribution in [0.5, 0.6) is 0 Å². The molecule has 0 saturated heterocycles. The lowest BCUT2D eigenvalue weighted by molar-refractivity contribution is -0.114. The second-order valence-electron chi connectivity index (χ2n) is 1.92. The molecule has 0 aliphatic carbocycles. The summed E-state index contributed by atoms with van der Waals surface area (Å²) in [6.45, 7) is 1.79. The van der Waals surface area contributed by atoms with Crippen LogP contribution < -0.4 is 5.73 Å². The molecule has 0 spiro atoms. The van der Waals surface area contributed by atoms with Crippen molar-refractivity contribution in [2.24, 2.45) is 5.73 Å². The predicted octanol–water partition coefficient (Wildman–Crippen LogP) is 0.404. The van der Waals surface area contributed by atoms with Crippen molar-refractivity contribution in [3.05, 3.63) is 0 Å². The SMILES string of the molecule is CC(=O)CSCCOC(N)=O. The van der Waals surface area contributed by atoms with Crippen LogP contribution in [0.15, 0.2) is 0 Å². The summed E-state index contributed by atoms with van der Waals surface area (Å²) in [6, 6.07) is 0. The second-order valence-corrected chi connectivity index (χ2v) is 3.03. The van der Waals surface area contributed by atoms with Crippen molar-refractivity contribution >= 4 is 23.6 Å². The highest BCUT2D eigenvalue weighted by atomic mass is 32.2. The van der Waals surface area contributed by atoms with Crippen molar-refractivity contribution in [2.45, 2.75) is 6.92 Å². The van der Waals surface area contributed by atoms with Crippen LogP contribution in [0.4, 0.5) is 4.79 Å². The van der Waals surface area contributed by atoms with Crippen molar-refractivity contribution in [2.75, 3.05) is 18.1 Å². The lowest BCUT2D eigenvalue weighted by atomic mass is 10.5. The summed E-state index contributed by atoms with van der Waals surface area (Å²) in [7, 11) is 0. The molecule has 0 aliphatic rings. The standard InChI is InChI=1S/C6H11NO3S/c1-5(8)4-11-3-2-10-6(7)9/h2-4H2,1H3,(H2,7,9). The molecular formula is C6H11NO3S. The molecule has 0 atom stereocenters. The molecule has 4 nitrogen and oxygen atoms in total. The van der Waals surface area contributed by atoms with Gasteiger partial charge in [0.2, 0.25) is 0 Å². The smallest absolute Gasteiger partial charge is 0.404 e. The summed E-state index contributed by atoms with van der Waals surface area (Å²) < 4.78 is 4.43. The fourth-order valence-electron chi connectivity index (χ4n) is 0.417. The van der Waals surface area contributed by atoms with Crippen LogP contribution in [0, 0.1) is 0 Å². The van der Waals surface area contributed by atoms with Crippen LogP contribution >= 0.6 is 11.8 Å². The maximum atomic E-state index is 10.4. The van der Waals surface area contributed by atoms with Crippen molar-refractivity contribution in [1.29, 1.82) is 0 Å². The molecule has 2 N–H and O–H groups in total. The Labute approximate surface area is 69.5 Å². The van der Waals surface area contributed by atoms with Crippen molar-refractivity contribution in [1.82, 2.24) is 0 Å². The maximum Gasteiger partial charge on any atom is 0.404 e. The number of hydrogen-bond donors (Lipinski definition) is 1. The molecule has 0 saturated carbocycles. The molecule has 0 bridgehead atoms.